The lowest BCUT2D eigenvalue weighted by atomic mass is 10.1. The van der Waals surface area contributed by atoms with Crippen LogP contribution < -0.4 is 5.73 Å². The highest BCUT2D eigenvalue weighted by molar-refractivity contribution is 5.81. The van der Waals surface area contributed by atoms with Gasteiger partial charge in [-0.3, -0.25) is 4.79 Å². The Balaban J connectivity index is 3.86. The summed E-state index contributed by atoms with van der Waals surface area (Å²) in [5.74, 6) is 0.00773. The monoisotopic (exact) mass is 184 g/mol. The molecule has 0 aromatic rings. The van der Waals surface area contributed by atoms with Crippen molar-refractivity contribution in [1.82, 2.24) is 4.90 Å². The molecule has 0 heterocycles. The molecule has 3 heteroatoms. The molecule has 0 aliphatic heterocycles. The normalized spacial score (nSPS) is 12.2. The SMILES string of the molecule is C=CCN(C)C(=O)C(N)CCCC. The third-order valence-electron chi connectivity index (χ3n) is 1.97. The predicted octanol–water partition coefficient (Wildman–Crippen LogP) is 1.15. The molecular weight excluding hydrogens is 164 g/mol. The van der Waals surface area contributed by atoms with Crippen molar-refractivity contribution in [2.45, 2.75) is 32.2 Å². The van der Waals surface area contributed by atoms with Crippen LogP contribution in [0.4, 0.5) is 0 Å². The molecule has 0 saturated heterocycles. The van der Waals surface area contributed by atoms with Crippen molar-refractivity contribution < 1.29 is 4.79 Å². The second-order valence-electron chi connectivity index (χ2n) is 3.26. The molecule has 0 aromatic carbocycles. The van der Waals surface area contributed by atoms with Crippen molar-refractivity contribution >= 4 is 5.91 Å². The Kier molecular flexibility index (Phi) is 6.24. The number of nitrogens with zero attached hydrogens (tertiary/aromatic N) is 1. The van der Waals surface area contributed by atoms with Gasteiger partial charge in [0.25, 0.3) is 0 Å². The maximum absolute atomic E-state index is 11.5. The summed E-state index contributed by atoms with van der Waals surface area (Å²) < 4.78 is 0. The van der Waals surface area contributed by atoms with E-state index in [0.29, 0.717) is 6.54 Å². The maximum atomic E-state index is 11.5. The number of carbonyl (C=O) groups is 1. The first kappa shape index (κ1) is 12.2. The van der Waals surface area contributed by atoms with E-state index in [9.17, 15) is 4.79 Å². The molecule has 3 nitrogen and oxygen atoms in total. The lowest BCUT2D eigenvalue weighted by Gasteiger charge is -2.19. The number of carbonyl (C=O) groups excluding carboxylic acids is 1. The number of rotatable bonds is 6. The van der Waals surface area contributed by atoms with Crippen LogP contribution in [0, 0.1) is 0 Å². The van der Waals surface area contributed by atoms with Gasteiger partial charge in [0.15, 0.2) is 0 Å². The van der Waals surface area contributed by atoms with Gasteiger partial charge in [0.1, 0.15) is 0 Å². The molecule has 0 aromatic heterocycles. The van der Waals surface area contributed by atoms with Gasteiger partial charge in [0.2, 0.25) is 5.91 Å². The molecule has 0 aliphatic rings. The fourth-order valence-electron chi connectivity index (χ4n) is 1.11. The van der Waals surface area contributed by atoms with E-state index in [1.807, 2.05) is 0 Å². The lowest BCUT2D eigenvalue weighted by molar-refractivity contribution is -0.130. The number of hydrogen-bond donors (Lipinski definition) is 1. The zero-order valence-electron chi connectivity index (χ0n) is 8.62. The standard InChI is InChI=1S/C10H20N2O/c1-4-6-7-9(11)10(13)12(3)8-5-2/h5,9H,2,4,6-8,11H2,1,3H3. The summed E-state index contributed by atoms with van der Waals surface area (Å²) >= 11 is 0. The number of hydrogen-bond acceptors (Lipinski definition) is 2. The van der Waals surface area contributed by atoms with E-state index in [1.54, 1.807) is 18.0 Å². The molecule has 13 heavy (non-hydrogen) atoms. The first-order valence-electron chi connectivity index (χ1n) is 4.75. The predicted molar refractivity (Wildman–Crippen MR) is 55.3 cm³/mol. The van der Waals surface area contributed by atoms with Crippen molar-refractivity contribution in [3.63, 3.8) is 0 Å². The summed E-state index contributed by atoms with van der Waals surface area (Å²) in [4.78, 5) is 13.1. The Morgan fingerprint density at radius 2 is 2.31 bits per heavy atom. The molecular formula is C10H20N2O. The summed E-state index contributed by atoms with van der Waals surface area (Å²) in [6.45, 7) is 6.23. The third kappa shape index (κ3) is 4.68. The number of nitrogens with two attached hydrogens (primary N) is 1. The van der Waals surface area contributed by atoms with Gasteiger partial charge < -0.3 is 10.6 Å². The first-order chi connectivity index (χ1) is 6.13. The van der Waals surface area contributed by atoms with E-state index in [0.717, 1.165) is 19.3 Å². The van der Waals surface area contributed by atoms with Crippen LogP contribution in [0.3, 0.4) is 0 Å². The minimum atomic E-state index is -0.343. The van der Waals surface area contributed by atoms with Crippen LogP contribution in [-0.2, 0) is 4.79 Å². The van der Waals surface area contributed by atoms with Crippen LogP contribution in [0.25, 0.3) is 0 Å². The Morgan fingerprint density at radius 1 is 1.69 bits per heavy atom. The van der Waals surface area contributed by atoms with Crippen molar-refractivity contribution in [2.24, 2.45) is 5.73 Å². The van der Waals surface area contributed by atoms with E-state index in [-0.39, 0.29) is 11.9 Å². The fraction of sp³-hybridized carbons (Fsp3) is 0.700. The minimum Gasteiger partial charge on any atom is -0.341 e. The smallest absolute Gasteiger partial charge is 0.239 e. The van der Waals surface area contributed by atoms with Gasteiger partial charge in [0, 0.05) is 13.6 Å². The average Bonchev–Trinajstić information content (AvgIpc) is 2.13. The maximum Gasteiger partial charge on any atom is 0.239 e. The second-order valence-corrected chi connectivity index (χ2v) is 3.26. The summed E-state index contributed by atoms with van der Waals surface area (Å²) in [5, 5.41) is 0. The molecule has 0 aliphatic carbocycles. The summed E-state index contributed by atoms with van der Waals surface area (Å²) in [6, 6.07) is -0.343. The van der Waals surface area contributed by atoms with Crippen molar-refractivity contribution in [1.29, 1.82) is 0 Å². The van der Waals surface area contributed by atoms with Crippen LogP contribution in [0.5, 0.6) is 0 Å². The average molecular weight is 184 g/mol. The van der Waals surface area contributed by atoms with Crippen molar-refractivity contribution in [2.75, 3.05) is 13.6 Å². The van der Waals surface area contributed by atoms with E-state index in [4.69, 9.17) is 5.73 Å². The summed E-state index contributed by atoms with van der Waals surface area (Å²) in [6.07, 6.45) is 4.56. The largest absolute Gasteiger partial charge is 0.341 e. The lowest BCUT2D eigenvalue weighted by Crippen LogP contribution is -2.41. The zero-order valence-corrected chi connectivity index (χ0v) is 8.62. The Bertz CT molecular complexity index is 168. The molecule has 0 spiro atoms. The number of likely N-dealkylation sites (N-methyl/N-ethyl adjacent to an activating group) is 1. The molecule has 76 valence electrons. The van der Waals surface area contributed by atoms with Crippen LogP contribution in [-0.4, -0.2) is 30.4 Å². The quantitative estimate of drug-likeness (QED) is 0.629. The van der Waals surface area contributed by atoms with Gasteiger partial charge in [-0.1, -0.05) is 25.8 Å². The Labute approximate surface area is 80.6 Å². The van der Waals surface area contributed by atoms with Crippen molar-refractivity contribution in [3.05, 3.63) is 12.7 Å². The zero-order chi connectivity index (χ0) is 10.3. The van der Waals surface area contributed by atoms with E-state index in [2.05, 4.69) is 13.5 Å². The number of unbranched alkanes of at least 4 members (excludes halogenated alkanes) is 1. The molecule has 2 N–H and O–H groups in total. The molecule has 0 radical (unpaired) electrons. The van der Waals surface area contributed by atoms with Gasteiger partial charge in [-0.25, -0.2) is 0 Å². The molecule has 1 unspecified atom stereocenters. The third-order valence-corrected chi connectivity index (χ3v) is 1.97. The number of amides is 1. The summed E-state index contributed by atoms with van der Waals surface area (Å²) in [7, 11) is 1.75. The van der Waals surface area contributed by atoms with Crippen LogP contribution in [0.1, 0.15) is 26.2 Å². The molecule has 0 rings (SSSR count). The Hall–Kier alpha value is -0.830. The van der Waals surface area contributed by atoms with Gasteiger partial charge in [0.05, 0.1) is 6.04 Å². The highest BCUT2D eigenvalue weighted by Crippen LogP contribution is 2.01. The Morgan fingerprint density at radius 3 is 2.77 bits per heavy atom. The first-order valence-corrected chi connectivity index (χ1v) is 4.75. The van der Waals surface area contributed by atoms with Crippen LogP contribution in [0.2, 0.25) is 0 Å². The van der Waals surface area contributed by atoms with E-state index >= 15 is 0 Å². The molecule has 1 amide bonds. The van der Waals surface area contributed by atoms with E-state index < -0.39 is 0 Å². The van der Waals surface area contributed by atoms with Crippen LogP contribution >= 0.6 is 0 Å². The molecule has 0 saturated carbocycles. The summed E-state index contributed by atoms with van der Waals surface area (Å²) in [5.41, 5.74) is 5.71. The van der Waals surface area contributed by atoms with Gasteiger partial charge in [-0.15, -0.1) is 6.58 Å². The van der Waals surface area contributed by atoms with E-state index in [1.165, 1.54) is 0 Å². The second kappa shape index (κ2) is 6.66. The highest BCUT2D eigenvalue weighted by Gasteiger charge is 2.15. The molecule has 1 atom stereocenters. The van der Waals surface area contributed by atoms with Crippen molar-refractivity contribution in [3.8, 4) is 0 Å². The van der Waals surface area contributed by atoms with Crippen LogP contribution in [0.15, 0.2) is 12.7 Å². The topological polar surface area (TPSA) is 46.3 Å². The van der Waals surface area contributed by atoms with Gasteiger partial charge in [-0.05, 0) is 6.42 Å². The van der Waals surface area contributed by atoms with Gasteiger partial charge in [-0.2, -0.15) is 0 Å². The highest BCUT2D eigenvalue weighted by atomic mass is 16.2. The molecule has 0 bridgehead atoms. The van der Waals surface area contributed by atoms with Gasteiger partial charge >= 0.3 is 0 Å². The minimum absolute atomic E-state index is 0.00773. The fourth-order valence-corrected chi connectivity index (χ4v) is 1.11. The molecule has 0 fully saturated rings.